The summed E-state index contributed by atoms with van der Waals surface area (Å²) in [5, 5.41) is 2.84. The van der Waals surface area contributed by atoms with E-state index in [0.29, 0.717) is 23.7 Å². The van der Waals surface area contributed by atoms with Crippen LogP contribution >= 0.6 is 22.9 Å². The predicted molar refractivity (Wildman–Crippen MR) is 104 cm³/mol. The lowest BCUT2D eigenvalue weighted by Gasteiger charge is -2.38. The van der Waals surface area contributed by atoms with Gasteiger partial charge in [-0.25, -0.2) is 12.8 Å². The molecule has 0 saturated carbocycles. The molecule has 1 saturated heterocycles. The Morgan fingerprint density at radius 3 is 2.63 bits per heavy atom. The zero-order valence-electron chi connectivity index (χ0n) is 14.7. The van der Waals surface area contributed by atoms with Gasteiger partial charge in [0.1, 0.15) is 10.0 Å². The van der Waals surface area contributed by atoms with Gasteiger partial charge in [0.2, 0.25) is 5.91 Å². The highest BCUT2D eigenvalue weighted by Gasteiger charge is 2.42. The monoisotopic (exact) mass is 430 g/mol. The van der Waals surface area contributed by atoms with Gasteiger partial charge in [0.15, 0.2) is 0 Å². The summed E-state index contributed by atoms with van der Waals surface area (Å²) in [4.78, 5) is 12.7. The van der Waals surface area contributed by atoms with Crippen molar-refractivity contribution in [2.45, 2.75) is 30.5 Å². The van der Waals surface area contributed by atoms with Gasteiger partial charge in [0.25, 0.3) is 10.0 Å². The van der Waals surface area contributed by atoms with Crippen molar-refractivity contribution in [2.75, 3.05) is 13.1 Å². The van der Waals surface area contributed by atoms with Crippen LogP contribution in [0.4, 0.5) is 4.39 Å². The van der Waals surface area contributed by atoms with E-state index < -0.39 is 15.4 Å². The average molecular weight is 431 g/mol. The Morgan fingerprint density at radius 2 is 2.00 bits per heavy atom. The quantitative estimate of drug-likeness (QED) is 0.787. The first-order chi connectivity index (χ1) is 12.7. The lowest BCUT2D eigenvalue weighted by atomic mass is 9.82. The average Bonchev–Trinajstić information content (AvgIpc) is 3.08. The summed E-state index contributed by atoms with van der Waals surface area (Å²) in [5.41, 5.74) is -0.0475. The lowest BCUT2D eigenvalue weighted by molar-refractivity contribution is -0.132. The summed E-state index contributed by atoms with van der Waals surface area (Å²) in [5.74, 6) is -0.546. The number of halogens is 2. The molecule has 5 nitrogen and oxygen atoms in total. The first kappa shape index (κ1) is 20.3. The van der Waals surface area contributed by atoms with E-state index in [4.69, 9.17) is 11.6 Å². The van der Waals surface area contributed by atoms with Crippen molar-refractivity contribution in [2.24, 2.45) is 5.41 Å². The molecule has 1 N–H and O–H groups in total. The second-order valence-corrected chi connectivity index (χ2v) is 10.8. The van der Waals surface area contributed by atoms with E-state index in [9.17, 15) is 17.6 Å². The van der Waals surface area contributed by atoms with Gasteiger partial charge in [-0.15, -0.1) is 11.3 Å². The zero-order valence-corrected chi connectivity index (χ0v) is 17.1. The SMILES string of the molecule is C[C@@]1(C(=O)NCc2ccc(F)cc2)CCCN(S(=O)(=O)c2ccc(Cl)s2)C1. The summed E-state index contributed by atoms with van der Waals surface area (Å²) in [6.07, 6.45) is 1.19. The second-order valence-electron chi connectivity index (χ2n) is 6.87. The predicted octanol–water partition coefficient (Wildman–Crippen LogP) is 3.65. The molecule has 3 rings (SSSR count). The molecule has 0 bridgehead atoms. The van der Waals surface area contributed by atoms with Gasteiger partial charge in [-0.1, -0.05) is 23.7 Å². The van der Waals surface area contributed by atoms with Gasteiger partial charge in [0.05, 0.1) is 9.75 Å². The smallest absolute Gasteiger partial charge is 0.252 e. The largest absolute Gasteiger partial charge is 0.352 e. The molecular formula is C18H20ClFN2O3S2. The van der Waals surface area contributed by atoms with Crippen molar-refractivity contribution < 1.29 is 17.6 Å². The minimum absolute atomic E-state index is 0.111. The molecule has 1 aromatic heterocycles. The van der Waals surface area contributed by atoms with Crippen LogP contribution in [0.2, 0.25) is 4.34 Å². The molecule has 1 aliphatic heterocycles. The van der Waals surface area contributed by atoms with Gasteiger partial charge in [0, 0.05) is 19.6 Å². The Hall–Kier alpha value is -1.48. The molecule has 1 amide bonds. The van der Waals surface area contributed by atoms with Crippen LogP contribution in [0.3, 0.4) is 0 Å². The summed E-state index contributed by atoms with van der Waals surface area (Å²) >= 11 is 6.88. The molecule has 27 heavy (non-hydrogen) atoms. The minimum atomic E-state index is -3.67. The standard InChI is InChI=1S/C18H20ClFN2O3S2/c1-18(17(23)21-11-13-3-5-14(20)6-4-13)9-2-10-22(12-18)27(24,25)16-8-7-15(19)26-16/h3-8H,2,9-12H2,1H3,(H,21,23)/t18-/m1/s1. The van der Waals surface area contributed by atoms with Crippen molar-refractivity contribution in [1.82, 2.24) is 9.62 Å². The maximum atomic E-state index is 13.0. The number of thiophene rings is 1. The van der Waals surface area contributed by atoms with Gasteiger partial charge in [-0.05, 0) is 49.6 Å². The fourth-order valence-corrected chi connectivity index (χ4v) is 6.38. The molecule has 0 aliphatic carbocycles. The van der Waals surface area contributed by atoms with Crippen molar-refractivity contribution in [3.8, 4) is 0 Å². The zero-order chi connectivity index (χ0) is 19.7. The van der Waals surface area contributed by atoms with Crippen LogP contribution in [-0.2, 0) is 21.4 Å². The second kappa shape index (κ2) is 7.87. The fourth-order valence-electron chi connectivity index (χ4n) is 3.14. The summed E-state index contributed by atoms with van der Waals surface area (Å²) in [7, 11) is -3.67. The number of sulfonamides is 1. The van der Waals surface area contributed by atoms with Crippen molar-refractivity contribution in [1.29, 1.82) is 0 Å². The van der Waals surface area contributed by atoms with Crippen LogP contribution in [0.5, 0.6) is 0 Å². The number of benzene rings is 1. The minimum Gasteiger partial charge on any atom is -0.352 e. The Bertz CT molecular complexity index is 930. The maximum absolute atomic E-state index is 13.0. The van der Waals surface area contributed by atoms with E-state index in [-0.39, 0.29) is 29.0 Å². The number of carbonyl (C=O) groups is 1. The summed E-state index contributed by atoms with van der Waals surface area (Å²) in [6.45, 7) is 2.52. The topological polar surface area (TPSA) is 66.5 Å². The Kier molecular flexibility index (Phi) is 5.90. The van der Waals surface area contributed by atoms with Crippen LogP contribution in [0.15, 0.2) is 40.6 Å². The molecule has 1 aliphatic rings. The molecule has 9 heteroatoms. The fraction of sp³-hybridized carbons (Fsp3) is 0.389. The van der Waals surface area contributed by atoms with Gasteiger partial charge in [-0.2, -0.15) is 4.31 Å². The molecule has 1 atom stereocenters. The molecular weight excluding hydrogens is 411 g/mol. The Labute approximate surface area is 167 Å². The molecule has 2 aromatic rings. The van der Waals surface area contributed by atoms with E-state index in [1.165, 1.54) is 22.5 Å². The van der Waals surface area contributed by atoms with Gasteiger partial charge < -0.3 is 5.32 Å². The summed E-state index contributed by atoms with van der Waals surface area (Å²) < 4.78 is 40.6. The van der Waals surface area contributed by atoms with Crippen molar-refractivity contribution in [3.05, 3.63) is 52.1 Å². The lowest BCUT2D eigenvalue weighted by Crippen LogP contribution is -2.51. The van der Waals surface area contributed by atoms with E-state index in [2.05, 4.69) is 5.32 Å². The Balaban J connectivity index is 1.69. The number of carbonyl (C=O) groups excluding carboxylic acids is 1. The first-order valence-corrected chi connectivity index (χ1v) is 11.1. The molecule has 1 fully saturated rings. The number of nitrogens with one attached hydrogen (secondary N) is 1. The number of amides is 1. The van der Waals surface area contributed by atoms with Crippen LogP contribution in [-0.4, -0.2) is 31.7 Å². The van der Waals surface area contributed by atoms with Crippen LogP contribution < -0.4 is 5.32 Å². The highest BCUT2D eigenvalue weighted by Crippen LogP contribution is 2.35. The molecule has 0 unspecified atom stereocenters. The van der Waals surface area contributed by atoms with E-state index in [1.54, 1.807) is 25.1 Å². The maximum Gasteiger partial charge on any atom is 0.252 e. The van der Waals surface area contributed by atoms with Crippen LogP contribution in [0.1, 0.15) is 25.3 Å². The Morgan fingerprint density at radius 1 is 1.30 bits per heavy atom. The first-order valence-electron chi connectivity index (χ1n) is 8.49. The van der Waals surface area contributed by atoms with Crippen molar-refractivity contribution in [3.63, 3.8) is 0 Å². The third kappa shape index (κ3) is 4.51. The van der Waals surface area contributed by atoms with Crippen LogP contribution in [0, 0.1) is 11.2 Å². The van der Waals surface area contributed by atoms with E-state index in [1.807, 2.05) is 0 Å². The molecule has 2 heterocycles. The highest BCUT2D eigenvalue weighted by atomic mass is 35.5. The molecule has 146 valence electrons. The normalized spacial score (nSPS) is 21.1. The number of nitrogens with zero attached hydrogens (tertiary/aromatic N) is 1. The van der Waals surface area contributed by atoms with Gasteiger partial charge in [-0.3, -0.25) is 4.79 Å². The number of rotatable bonds is 5. The summed E-state index contributed by atoms with van der Waals surface area (Å²) in [6, 6.07) is 8.93. The molecule has 0 radical (unpaired) electrons. The highest BCUT2D eigenvalue weighted by molar-refractivity contribution is 7.91. The molecule has 1 aromatic carbocycles. The molecule has 0 spiro atoms. The van der Waals surface area contributed by atoms with Crippen LogP contribution in [0.25, 0.3) is 0 Å². The van der Waals surface area contributed by atoms with Gasteiger partial charge >= 0.3 is 0 Å². The van der Waals surface area contributed by atoms with E-state index in [0.717, 1.165) is 16.9 Å². The van der Waals surface area contributed by atoms with Crippen molar-refractivity contribution >= 4 is 38.9 Å². The third-order valence-electron chi connectivity index (χ3n) is 4.72. The third-order valence-corrected chi connectivity index (χ3v) is 8.26. The number of piperidine rings is 1. The van der Waals surface area contributed by atoms with E-state index >= 15 is 0 Å². The number of hydrogen-bond acceptors (Lipinski definition) is 4. The number of hydrogen-bond donors (Lipinski definition) is 1.